The standard InChI is InChI=1S/C24H22N2O3/c25-17-20-8-4-5-9-21(20)18-29-23-13-6-10-19(16-23)24(27)26-14-7-15-28-22-11-2-1-3-12-22/h1-6,8-13,16H,7,14-15,18H2,(H,26,27). The fourth-order valence-electron chi connectivity index (χ4n) is 2.73. The average Bonchev–Trinajstić information content (AvgIpc) is 2.78. The van der Waals surface area contributed by atoms with Crippen molar-refractivity contribution >= 4 is 5.91 Å². The maximum Gasteiger partial charge on any atom is 0.251 e. The number of amides is 1. The van der Waals surface area contributed by atoms with E-state index in [4.69, 9.17) is 14.7 Å². The molecule has 0 radical (unpaired) electrons. The van der Waals surface area contributed by atoms with Crippen molar-refractivity contribution in [3.8, 4) is 17.6 Å². The fourth-order valence-corrected chi connectivity index (χ4v) is 2.73. The Morgan fingerprint density at radius 2 is 1.66 bits per heavy atom. The van der Waals surface area contributed by atoms with Gasteiger partial charge in [0.2, 0.25) is 0 Å². The lowest BCUT2D eigenvalue weighted by atomic mass is 10.1. The molecule has 0 aliphatic carbocycles. The van der Waals surface area contributed by atoms with Gasteiger partial charge in [-0.15, -0.1) is 0 Å². The lowest BCUT2D eigenvalue weighted by Crippen LogP contribution is -2.25. The van der Waals surface area contributed by atoms with Crippen LogP contribution in [0.3, 0.4) is 0 Å². The van der Waals surface area contributed by atoms with Crippen LogP contribution in [0.25, 0.3) is 0 Å². The number of carbonyl (C=O) groups is 1. The van der Waals surface area contributed by atoms with Crippen LogP contribution in [-0.2, 0) is 6.61 Å². The van der Waals surface area contributed by atoms with E-state index in [2.05, 4.69) is 11.4 Å². The first kappa shape index (κ1) is 20.0. The summed E-state index contributed by atoms with van der Waals surface area (Å²) in [6.07, 6.45) is 0.710. The second-order valence-electron chi connectivity index (χ2n) is 6.36. The molecule has 3 rings (SSSR count). The van der Waals surface area contributed by atoms with Gasteiger partial charge in [-0.25, -0.2) is 0 Å². The van der Waals surface area contributed by atoms with Gasteiger partial charge in [0.05, 0.1) is 18.2 Å². The largest absolute Gasteiger partial charge is 0.494 e. The van der Waals surface area contributed by atoms with Gasteiger partial charge in [0.1, 0.15) is 18.1 Å². The normalized spacial score (nSPS) is 10.0. The molecule has 5 nitrogen and oxygen atoms in total. The summed E-state index contributed by atoms with van der Waals surface area (Å²) in [6.45, 7) is 1.32. The van der Waals surface area contributed by atoms with Crippen molar-refractivity contribution < 1.29 is 14.3 Å². The molecule has 0 bridgehead atoms. The Bertz CT molecular complexity index is 981. The SMILES string of the molecule is N#Cc1ccccc1COc1cccc(C(=O)NCCCOc2ccccc2)c1. The van der Waals surface area contributed by atoms with Gasteiger partial charge < -0.3 is 14.8 Å². The van der Waals surface area contributed by atoms with Crippen LogP contribution in [0.2, 0.25) is 0 Å². The molecule has 3 aromatic carbocycles. The first-order chi connectivity index (χ1) is 14.3. The molecule has 0 saturated heterocycles. The summed E-state index contributed by atoms with van der Waals surface area (Å²) in [5.74, 6) is 1.24. The molecule has 0 atom stereocenters. The summed E-state index contributed by atoms with van der Waals surface area (Å²) >= 11 is 0. The smallest absolute Gasteiger partial charge is 0.251 e. The van der Waals surface area contributed by atoms with Crippen molar-refractivity contribution in [3.63, 3.8) is 0 Å². The quantitative estimate of drug-likeness (QED) is 0.556. The Labute approximate surface area is 170 Å². The topological polar surface area (TPSA) is 71.3 Å². The minimum atomic E-state index is -0.160. The molecule has 0 heterocycles. The molecule has 5 heteroatoms. The molecule has 1 amide bonds. The molecule has 0 saturated carbocycles. The lowest BCUT2D eigenvalue weighted by Gasteiger charge is -2.10. The van der Waals surface area contributed by atoms with Crippen molar-refractivity contribution in [1.82, 2.24) is 5.32 Å². The monoisotopic (exact) mass is 386 g/mol. The summed E-state index contributed by atoms with van der Waals surface area (Å²) in [5.41, 5.74) is 1.92. The molecule has 0 aromatic heterocycles. The first-order valence-electron chi connectivity index (χ1n) is 9.43. The number of carbonyl (C=O) groups excluding carboxylic acids is 1. The van der Waals surface area contributed by atoms with E-state index in [1.165, 1.54) is 0 Å². The van der Waals surface area contributed by atoms with E-state index in [0.29, 0.717) is 36.4 Å². The lowest BCUT2D eigenvalue weighted by molar-refractivity contribution is 0.0951. The molecular formula is C24H22N2O3. The number of nitriles is 1. The maximum absolute atomic E-state index is 12.4. The second-order valence-corrected chi connectivity index (χ2v) is 6.36. The Balaban J connectivity index is 1.46. The van der Waals surface area contributed by atoms with E-state index >= 15 is 0 Å². The van der Waals surface area contributed by atoms with Gasteiger partial charge in [0.25, 0.3) is 5.91 Å². The molecule has 0 aliphatic heterocycles. The van der Waals surface area contributed by atoms with Gasteiger partial charge in [-0.1, -0.05) is 42.5 Å². The van der Waals surface area contributed by atoms with Gasteiger partial charge in [0, 0.05) is 17.7 Å². The summed E-state index contributed by atoms with van der Waals surface area (Å²) in [6, 6.07) is 26.0. The van der Waals surface area contributed by atoms with Gasteiger partial charge in [-0.3, -0.25) is 4.79 Å². The summed E-state index contributed by atoms with van der Waals surface area (Å²) in [4.78, 5) is 12.4. The van der Waals surface area contributed by atoms with Gasteiger partial charge in [-0.05, 0) is 42.8 Å². The van der Waals surface area contributed by atoms with E-state index in [0.717, 1.165) is 11.3 Å². The van der Waals surface area contributed by atoms with Crippen LogP contribution in [0.1, 0.15) is 27.9 Å². The second kappa shape index (κ2) is 10.5. The third kappa shape index (κ3) is 6.12. The predicted molar refractivity (Wildman–Crippen MR) is 111 cm³/mol. The number of ether oxygens (including phenoxy) is 2. The summed E-state index contributed by atoms with van der Waals surface area (Å²) in [5, 5.41) is 12.0. The van der Waals surface area contributed by atoms with Crippen molar-refractivity contribution in [3.05, 3.63) is 95.6 Å². The molecule has 1 N–H and O–H groups in total. The van der Waals surface area contributed by atoms with Gasteiger partial charge in [-0.2, -0.15) is 5.26 Å². The van der Waals surface area contributed by atoms with Crippen molar-refractivity contribution in [2.24, 2.45) is 0 Å². The van der Waals surface area contributed by atoms with E-state index in [9.17, 15) is 4.79 Å². The van der Waals surface area contributed by atoms with Crippen molar-refractivity contribution in [2.45, 2.75) is 13.0 Å². The van der Waals surface area contributed by atoms with Gasteiger partial charge in [0.15, 0.2) is 0 Å². The zero-order valence-corrected chi connectivity index (χ0v) is 16.0. The highest BCUT2D eigenvalue weighted by molar-refractivity contribution is 5.94. The number of nitrogens with one attached hydrogen (secondary N) is 1. The Hall–Kier alpha value is -3.78. The van der Waals surface area contributed by atoms with Crippen molar-refractivity contribution in [2.75, 3.05) is 13.2 Å². The molecule has 0 fully saturated rings. The molecule has 0 unspecified atom stereocenters. The number of rotatable bonds is 9. The number of hydrogen-bond acceptors (Lipinski definition) is 4. The Kier molecular flexibility index (Phi) is 7.25. The summed E-state index contributed by atoms with van der Waals surface area (Å²) in [7, 11) is 0. The van der Waals surface area contributed by atoms with Crippen LogP contribution in [0, 0.1) is 11.3 Å². The maximum atomic E-state index is 12.4. The number of nitrogens with zero attached hydrogens (tertiary/aromatic N) is 1. The fraction of sp³-hybridized carbons (Fsp3) is 0.167. The molecule has 29 heavy (non-hydrogen) atoms. The molecule has 0 aliphatic rings. The molecule has 3 aromatic rings. The van der Waals surface area contributed by atoms with Crippen LogP contribution < -0.4 is 14.8 Å². The van der Waals surface area contributed by atoms with E-state index in [1.54, 1.807) is 30.3 Å². The van der Waals surface area contributed by atoms with Crippen LogP contribution in [0.15, 0.2) is 78.9 Å². The highest BCUT2D eigenvalue weighted by Crippen LogP contribution is 2.17. The number of hydrogen-bond donors (Lipinski definition) is 1. The Morgan fingerprint density at radius 3 is 2.48 bits per heavy atom. The molecule has 146 valence electrons. The zero-order valence-electron chi connectivity index (χ0n) is 16.0. The van der Waals surface area contributed by atoms with Crippen LogP contribution in [0.4, 0.5) is 0 Å². The average molecular weight is 386 g/mol. The first-order valence-corrected chi connectivity index (χ1v) is 9.43. The van der Waals surface area contributed by atoms with Crippen LogP contribution in [-0.4, -0.2) is 19.1 Å². The molecule has 0 spiro atoms. The summed E-state index contributed by atoms with van der Waals surface area (Å²) < 4.78 is 11.4. The number of para-hydroxylation sites is 1. The minimum absolute atomic E-state index is 0.160. The van der Waals surface area contributed by atoms with E-state index in [1.807, 2.05) is 48.5 Å². The Morgan fingerprint density at radius 1 is 0.897 bits per heavy atom. The van der Waals surface area contributed by atoms with Gasteiger partial charge >= 0.3 is 0 Å². The zero-order chi connectivity index (χ0) is 20.3. The third-order valence-electron chi connectivity index (χ3n) is 4.25. The van der Waals surface area contributed by atoms with E-state index in [-0.39, 0.29) is 12.5 Å². The minimum Gasteiger partial charge on any atom is -0.494 e. The number of benzene rings is 3. The highest BCUT2D eigenvalue weighted by Gasteiger charge is 2.07. The van der Waals surface area contributed by atoms with Crippen LogP contribution in [0.5, 0.6) is 11.5 Å². The third-order valence-corrected chi connectivity index (χ3v) is 4.25. The highest BCUT2D eigenvalue weighted by atomic mass is 16.5. The molecular weight excluding hydrogens is 364 g/mol. The van der Waals surface area contributed by atoms with E-state index < -0.39 is 0 Å². The van der Waals surface area contributed by atoms with Crippen LogP contribution >= 0.6 is 0 Å². The van der Waals surface area contributed by atoms with Crippen molar-refractivity contribution in [1.29, 1.82) is 5.26 Å². The predicted octanol–water partition coefficient (Wildman–Crippen LogP) is 4.34.